The van der Waals surface area contributed by atoms with E-state index in [1.807, 2.05) is 13.8 Å². The summed E-state index contributed by atoms with van der Waals surface area (Å²) < 4.78 is 15.7. The number of aliphatic hydroxyl groups is 1. The number of rotatable bonds is 10. The van der Waals surface area contributed by atoms with Crippen molar-refractivity contribution >= 4 is 0 Å². The van der Waals surface area contributed by atoms with Crippen LogP contribution in [0.3, 0.4) is 0 Å². The van der Waals surface area contributed by atoms with Gasteiger partial charge in [0.15, 0.2) is 0 Å². The number of aryl methyl sites for hydroxylation is 1. The lowest BCUT2D eigenvalue weighted by molar-refractivity contribution is 0.00629. The Bertz CT molecular complexity index is 317. The Hall–Kier alpha value is -0.950. The topological polar surface area (TPSA) is 76.8 Å². The molecule has 6 nitrogen and oxygen atoms in total. The molecule has 0 radical (unpaired) electrons. The Morgan fingerprint density at radius 2 is 2.22 bits per heavy atom. The average molecular weight is 258 g/mol. The van der Waals surface area contributed by atoms with Crippen LogP contribution in [0, 0.1) is 6.92 Å². The summed E-state index contributed by atoms with van der Waals surface area (Å²) in [6.07, 6.45) is 1.13. The standard InChI is InChI=1S/C12H22N2O4/c1-3-16-4-5-17-9-11(15)7-13-8-12-14-6-10(2)18-12/h6,11,13,15H,3-5,7-9H2,1-2H3. The molecule has 1 aromatic rings. The maximum atomic E-state index is 9.61. The second-order valence-corrected chi connectivity index (χ2v) is 3.92. The van der Waals surface area contributed by atoms with E-state index in [4.69, 9.17) is 13.9 Å². The first-order valence-corrected chi connectivity index (χ1v) is 6.18. The van der Waals surface area contributed by atoms with Crippen molar-refractivity contribution in [3.05, 3.63) is 17.8 Å². The summed E-state index contributed by atoms with van der Waals surface area (Å²) in [6.45, 7) is 6.77. The quantitative estimate of drug-likeness (QED) is 0.595. The molecule has 104 valence electrons. The summed E-state index contributed by atoms with van der Waals surface area (Å²) in [6, 6.07) is 0. The molecule has 1 unspecified atom stereocenters. The smallest absolute Gasteiger partial charge is 0.208 e. The van der Waals surface area contributed by atoms with Crippen LogP contribution in [0.5, 0.6) is 0 Å². The molecule has 0 amide bonds. The van der Waals surface area contributed by atoms with E-state index in [1.54, 1.807) is 6.20 Å². The van der Waals surface area contributed by atoms with Gasteiger partial charge in [0, 0.05) is 13.2 Å². The zero-order valence-corrected chi connectivity index (χ0v) is 11.0. The molecular formula is C12H22N2O4. The van der Waals surface area contributed by atoms with E-state index >= 15 is 0 Å². The fourth-order valence-corrected chi connectivity index (χ4v) is 1.37. The molecule has 2 N–H and O–H groups in total. The van der Waals surface area contributed by atoms with Gasteiger partial charge < -0.3 is 24.3 Å². The van der Waals surface area contributed by atoms with Crippen molar-refractivity contribution in [1.82, 2.24) is 10.3 Å². The number of hydrogen-bond donors (Lipinski definition) is 2. The van der Waals surface area contributed by atoms with Gasteiger partial charge in [0.2, 0.25) is 5.89 Å². The average Bonchev–Trinajstić information content (AvgIpc) is 2.75. The molecule has 0 saturated heterocycles. The molecule has 0 aliphatic carbocycles. The largest absolute Gasteiger partial charge is 0.445 e. The highest BCUT2D eigenvalue weighted by Gasteiger charge is 2.05. The molecule has 0 aromatic carbocycles. The Balaban J connectivity index is 1.98. The maximum Gasteiger partial charge on any atom is 0.208 e. The number of nitrogens with one attached hydrogen (secondary N) is 1. The van der Waals surface area contributed by atoms with Gasteiger partial charge in [-0.25, -0.2) is 4.98 Å². The Kier molecular flexibility index (Phi) is 7.59. The first-order valence-electron chi connectivity index (χ1n) is 6.18. The minimum Gasteiger partial charge on any atom is -0.445 e. The van der Waals surface area contributed by atoms with Crippen LogP contribution < -0.4 is 5.32 Å². The highest BCUT2D eigenvalue weighted by atomic mass is 16.5. The van der Waals surface area contributed by atoms with E-state index in [0.717, 1.165) is 5.76 Å². The van der Waals surface area contributed by atoms with Crippen LogP contribution in [-0.4, -0.2) is 49.2 Å². The van der Waals surface area contributed by atoms with Crippen molar-refractivity contribution in [3.63, 3.8) is 0 Å². The minimum atomic E-state index is -0.539. The summed E-state index contributed by atoms with van der Waals surface area (Å²) in [4.78, 5) is 4.05. The lowest BCUT2D eigenvalue weighted by Crippen LogP contribution is -2.30. The van der Waals surface area contributed by atoms with Crippen LogP contribution in [0.2, 0.25) is 0 Å². The normalized spacial score (nSPS) is 12.8. The van der Waals surface area contributed by atoms with Crippen molar-refractivity contribution in [1.29, 1.82) is 0 Å². The molecule has 0 aliphatic rings. The summed E-state index contributed by atoms with van der Waals surface area (Å²) >= 11 is 0. The molecule has 6 heteroatoms. The van der Waals surface area contributed by atoms with Gasteiger partial charge in [-0.05, 0) is 13.8 Å². The van der Waals surface area contributed by atoms with Crippen molar-refractivity contribution in [2.45, 2.75) is 26.5 Å². The zero-order valence-electron chi connectivity index (χ0n) is 11.0. The third kappa shape index (κ3) is 6.70. The van der Waals surface area contributed by atoms with Crippen LogP contribution in [0.15, 0.2) is 10.6 Å². The van der Waals surface area contributed by atoms with Gasteiger partial charge in [0.1, 0.15) is 5.76 Å². The summed E-state index contributed by atoms with van der Waals surface area (Å²) in [5.74, 6) is 1.41. The highest BCUT2D eigenvalue weighted by molar-refractivity contribution is 4.90. The molecule has 1 rings (SSSR count). The predicted octanol–water partition coefficient (Wildman–Crippen LogP) is 0.487. The van der Waals surface area contributed by atoms with Crippen LogP contribution in [0.4, 0.5) is 0 Å². The van der Waals surface area contributed by atoms with Crippen molar-refractivity contribution < 1.29 is 19.0 Å². The van der Waals surface area contributed by atoms with Crippen molar-refractivity contribution in [3.8, 4) is 0 Å². The molecule has 0 fully saturated rings. The summed E-state index contributed by atoms with van der Waals surface area (Å²) in [5.41, 5.74) is 0. The number of aromatic nitrogens is 1. The number of ether oxygens (including phenoxy) is 2. The molecule has 18 heavy (non-hydrogen) atoms. The van der Waals surface area contributed by atoms with Gasteiger partial charge >= 0.3 is 0 Å². The fraction of sp³-hybridized carbons (Fsp3) is 0.750. The maximum absolute atomic E-state index is 9.61. The van der Waals surface area contributed by atoms with Crippen molar-refractivity contribution in [2.75, 3.05) is 33.0 Å². The monoisotopic (exact) mass is 258 g/mol. The van der Waals surface area contributed by atoms with E-state index in [0.29, 0.717) is 45.4 Å². The minimum absolute atomic E-state index is 0.296. The molecule has 0 bridgehead atoms. The van der Waals surface area contributed by atoms with Crippen LogP contribution in [0.1, 0.15) is 18.6 Å². The lowest BCUT2D eigenvalue weighted by Gasteiger charge is -2.11. The van der Waals surface area contributed by atoms with Crippen LogP contribution >= 0.6 is 0 Å². The van der Waals surface area contributed by atoms with Gasteiger partial charge in [0.25, 0.3) is 0 Å². The summed E-state index contributed by atoms with van der Waals surface area (Å²) in [7, 11) is 0. The van der Waals surface area contributed by atoms with Crippen LogP contribution in [0.25, 0.3) is 0 Å². The second-order valence-electron chi connectivity index (χ2n) is 3.92. The van der Waals surface area contributed by atoms with E-state index in [9.17, 15) is 5.11 Å². The number of aliphatic hydroxyl groups excluding tert-OH is 1. The van der Waals surface area contributed by atoms with E-state index in [-0.39, 0.29) is 0 Å². The fourth-order valence-electron chi connectivity index (χ4n) is 1.37. The third-order valence-corrected chi connectivity index (χ3v) is 2.21. The zero-order chi connectivity index (χ0) is 13.2. The molecule has 1 atom stereocenters. The van der Waals surface area contributed by atoms with Gasteiger partial charge in [0.05, 0.1) is 38.7 Å². The van der Waals surface area contributed by atoms with E-state index in [2.05, 4.69) is 10.3 Å². The van der Waals surface area contributed by atoms with Gasteiger partial charge in [-0.15, -0.1) is 0 Å². The summed E-state index contributed by atoms with van der Waals surface area (Å²) in [5, 5.41) is 12.7. The Morgan fingerprint density at radius 1 is 1.44 bits per heavy atom. The third-order valence-electron chi connectivity index (χ3n) is 2.21. The number of hydrogen-bond acceptors (Lipinski definition) is 6. The Labute approximate surface area is 107 Å². The first-order chi connectivity index (χ1) is 8.72. The lowest BCUT2D eigenvalue weighted by atomic mass is 10.4. The number of oxazole rings is 1. The molecule has 1 heterocycles. The van der Waals surface area contributed by atoms with Crippen LogP contribution in [-0.2, 0) is 16.0 Å². The molecule has 1 aromatic heterocycles. The molecule has 0 aliphatic heterocycles. The van der Waals surface area contributed by atoms with E-state index < -0.39 is 6.10 Å². The van der Waals surface area contributed by atoms with Gasteiger partial charge in [-0.3, -0.25) is 0 Å². The predicted molar refractivity (Wildman–Crippen MR) is 66.3 cm³/mol. The van der Waals surface area contributed by atoms with Crippen molar-refractivity contribution in [2.24, 2.45) is 0 Å². The molecule has 0 spiro atoms. The highest BCUT2D eigenvalue weighted by Crippen LogP contribution is 2.00. The SMILES string of the molecule is CCOCCOCC(O)CNCc1ncc(C)o1. The molecular weight excluding hydrogens is 236 g/mol. The number of nitrogens with zero attached hydrogens (tertiary/aromatic N) is 1. The first kappa shape index (κ1) is 15.1. The van der Waals surface area contributed by atoms with Gasteiger partial charge in [-0.2, -0.15) is 0 Å². The second kappa shape index (κ2) is 9.04. The molecule has 0 saturated carbocycles. The Morgan fingerprint density at radius 3 is 2.89 bits per heavy atom. The van der Waals surface area contributed by atoms with Gasteiger partial charge in [-0.1, -0.05) is 0 Å². The van der Waals surface area contributed by atoms with E-state index in [1.165, 1.54) is 0 Å².